The van der Waals surface area contributed by atoms with Crippen LogP contribution in [-0.2, 0) is 17.9 Å². The Morgan fingerprint density at radius 2 is 1.82 bits per heavy atom. The summed E-state index contributed by atoms with van der Waals surface area (Å²) in [4.78, 5) is 4.26. The van der Waals surface area contributed by atoms with E-state index >= 15 is 0 Å². The molecule has 0 saturated carbocycles. The van der Waals surface area contributed by atoms with Gasteiger partial charge in [0.05, 0.1) is 19.4 Å². The molecule has 7 nitrogen and oxygen atoms in total. The third kappa shape index (κ3) is 7.60. The van der Waals surface area contributed by atoms with Gasteiger partial charge in [0.15, 0.2) is 5.96 Å². The fourth-order valence-electron chi connectivity index (χ4n) is 2.85. The van der Waals surface area contributed by atoms with Crippen molar-refractivity contribution < 1.29 is 9.47 Å². The first-order chi connectivity index (χ1) is 13.6. The van der Waals surface area contributed by atoms with Crippen molar-refractivity contribution >= 4 is 5.96 Å². The van der Waals surface area contributed by atoms with Gasteiger partial charge in [-0.15, -0.1) is 0 Å². The molecule has 0 bridgehead atoms. The second kappa shape index (κ2) is 12.0. The van der Waals surface area contributed by atoms with Gasteiger partial charge in [0.25, 0.3) is 0 Å². The van der Waals surface area contributed by atoms with Gasteiger partial charge in [-0.1, -0.05) is 12.1 Å². The van der Waals surface area contributed by atoms with E-state index in [1.54, 1.807) is 14.2 Å². The minimum Gasteiger partial charge on any atom is -0.497 e. The lowest BCUT2D eigenvalue weighted by atomic mass is 10.2. The van der Waals surface area contributed by atoms with Crippen LogP contribution in [0.5, 0.6) is 5.75 Å². The van der Waals surface area contributed by atoms with Crippen LogP contribution in [0, 0.1) is 13.8 Å². The monoisotopic (exact) mass is 387 g/mol. The predicted octanol–water partition coefficient (Wildman–Crippen LogP) is 2.67. The summed E-state index contributed by atoms with van der Waals surface area (Å²) in [5.74, 6) is 1.69. The van der Waals surface area contributed by atoms with Gasteiger partial charge in [-0.3, -0.25) is 9.67 Å². The van der Waals surface area contributed by atoms with Crippen molar-refractivity contribution in [3.8, 4) is 5.75 Å². The average molecular weight is 388 g/mol. The maximum absolute atomic E-state index is 5.72. The van der Waals surface area contributed by atoms with Crippen molar-refractivity contribution in [1.29, 1.82) is 0 Å². The van der Waals surface area contributed by atoms with E-state index in [2.05, 4.69) is 33.7 Å². The minimum atomic E-state index is 0.614. The van der Waals surface area contributed by atoms with Gasteiger partial charge in [0.1, 0.15) is 5.75 Å². The van der Waals surface area contributed by atoms with Crippen molar-refractivity contribution in [3.63, 3.8) is 0 Å². The predicted molar refractivity (Wildman–Crippen MR) is 113 cm³/mol. The van der Waals surface area contributed by atoms with E-state index in [-0.39, 0.29) is 0 Å². The highest BCUT2D eigenvalue weighted by molar-refractivity contribution is 5.79. The molecule has 2 aromatic rings. The normalized spacial score (nSPS) is 11.5. The number of aromatic nitrogens is 2. The Bertz CT molecular complexity index is 725. The Balaban J connectivity index is 1.52. The number of hydrogen-bond donors (Lipinski definition) is 2. The molecule has 0 atom stereocenters. The lowest BCUT2D eigenvalue weighted by Gasteiger charge is -2.12. The quantitative estimate of drug-likeness (QED) is 0.352. The summed E-state index contributed by atoms with van der Waals surface area (Å²) in [5, 5.41) is 11.1. The zero-order valence-electron chi connectivity index (χ0n) is 17.5. The number of guanidine groups is 1. The first-order valence-electron chi connectivity index (χ1n) is 9.78. The van der Waals surface area contributed by atoms with E-state index in [9.17, 15) is 0 Å². The summed E-state index contributed by atoms with van der Waals surface area (Å²) in [6.45, 7) is 8.00. The highest BCUT2D eigenvalue weighted by Crippen LogP contribution is 2.11. The zero-order chi connectivity index (χ0) is 20.2. The van der Waals surface area contributed by atoms with Crippen molar-refractivity contribution in [1.82, 2.24) is 20.4 Å². The Morgan fingerprint density at radius 1 is 1.11 bits per heavy atom. The third-order valence-electron chi connectivity index (χ3n) is 4.35. The first kappa shape index (κ1) is 21.8. The Hall–Kier alpha value is -2.54. The molecule has 0 aliphatic rings. The van der Waals surface area contributed by atoms with Gasteiger partial charge in [0, 0.05) is 39.0 Å². The molecule has 0 aliphatic heterocycles. The molecular weight excluding hydrogens is 354 g/mol. The van der Waals surface area contributed by atoms with Gasteiger partial charge < -0.3 is 20.1 Å². The molecule has 0 aliphatic carbocycles. The lowest BCUT2D eigenvalue weighted by molar-refractivity contribution is 0.119. The molecule has 2 rings (SSSR count). The summed E-state index contributed by atoms with van der Waals surface area (Å²) in [5.41, 5.74) is 3.42. The Labute approximate surface area is 168 Å². The van der Waals surface area contributed by atoms with E-state index in [4.69, 9.17) is 9.47 Å². The number of ether oxygens (including phenoxy) is 2. The lowest BCUT2D eigenvalue weighted by Crippen LogP contribution is -2.38. The largest absolute Gasteiger partial charge is 0.497 e. The number of hydrogen-bond acceptors (Lipinski definition) is 4. The molecule has 2 N–H and O–H groups in total. The number of nitrogens with one attached hydrogen (secondary N) is 2. The van der Waals surface area contributed by atoms with Crippen LogP contribution in [0.3, 0.4) is 0 Å². The van der Waals surface area contributed by atoms with Gasteiger partial charge in [-0.2, -0.15) is 5.10 Å². The third-order valence-corrected chi connectivity index (χ3v) is 4.35. The van der Waals surface area contributed by atoms with Crippen molar-refractivity contribution in [2.75, 3.05) is 33.9 Å². The molecule has 0 fully saturated rings. The van der Waals surface area contributed by atoms with Gasteiger partial charge in [-0.25, -0.2) is 0 Å². The molecule has 1 aromatic heterocycles. The number of methoxy groups -OCH3 is 1. The van der Waals surface area contributed by atoms with Crippen LogP contribution in [0.25, 0.3) is 0 Å². The van der Waals surface area contributed by atoms with Crippen LogP contribution in [0.1, 0.15) is 29.8 Å². The van der Waals surface area contributed by atoms with E-state index in [1.807, 2.05) is 35.9 Å². The molecule has 1 aromatic carbocycles. The maximum Gasteiger partial charge on any atom is 0.190 e. The highest BCUT2D eigenvalue weighted by Gasteiger charge is 2.01. The van der Waals surface area contributed by atoms with Gasteiger partial charge >= 0.3 is 0 Å². The van der Waals surface area contributed by atoms with Crippen LogP contribution in [0.15, 0.2) is 35.3 Å². The minimum absolute atomic E-state index is 0.614. The van der Waals surface area contributed by atoms with E-state index in [1.165, 1.54) is 5.69 Å². The summed E-state index contributed by atoms with van der Waals surface area (Å²) in [7, 11) is 3.46. The van der Waals surface area contributed by atoms with Crippen molar-refractivity contribution in [3.05, 3.63) is 47.3 Å². The number of rotatable bonds is 11. The average Bonchev–Trinajstić information content (AvgIpc) is 3.03. The molecular formula is C21H33N5O2. The maximum atomic E-state index is 5.72. The van der Waals surface area contributed by atoms with Gasteiger partial charge in [0.2, 0.25) is 0 Å². The molecule has 0 unspecified atom stereocenters. The fraction of sp³-hybridized carbons (Fsp3) is 0.524. The smallest absolute Gasteiger partial charge is 0.190 e. The molecule has 0 amide bonds. The van der Waals surface area contributed by atoms with E-state index in [0.29, 0.717) is 13.2 Å². The summed E-state index contributed by atoms with van der Waals surface area (Å²) in [6.07, 6.45) is 1.91. The fourth-order valence-corrected chi connectivity index (χ4v) is 2.85. The standard InChI is InChI=1S/C21H33N5O2/c1-17-15-18(2)26(25-17)13-5-11-23-21(22-3)24-12-6-14-28-16-19-7-9-20(27-4)10-8-19/h7-10,15H,5-6,11-14,16H2,1-4H3,(H2,22,23,24). The Kier molecular flexibility index (Phi) is 9.34. The molecule has 0 spiro atoms. The van der Waals surface area contributed by atoms with Crippen LogP contribution in [0.2, 0.25) is 0 Å². The second-order valence-electron chi connectivity index (χ2n) is 6.68. The number of aryl methyl sites for hydroxylation is 3. The molecule has 1 heterocycles. The summed E-state index contributed by atoms with van der Waals surface area (Å²) < 4.78 is 12.9. The van der Waals surface area contributed by atoms with E-state index < -0.39 is 0 Å². The topological polar surface area (TPSA) is 72.7 Å². The van der Waals surface area contributed by atoms with Crippen LogP contribution >= 0.6 is 0 Å². The van der Waals surface area contributed by atoms with Crippen molar-refractivity contribution in [2.45, 2.75) is 39.8 Å². The van der Waals surface area contributed by atoms with Crippen molar-refractivity contribution in [2.24, 2.45) is 4.99 Å². The molecule has 0 radical (unpaired) electrons. The number of aliphatic imine (C=N–C) groups is 1. The summed E-state index contributed by atoms with van der Waals surface area (Å²) in [6, 6.07) is 10.0. The number of benzene rings is 1. The van der Waals surface area contributed by atoms with Crippen LogP contribution in [-0.4, -0.2) is 49.6 Å². The Morgan fingerprint density at radius 3 is 2.43 bits per heavy atom. The van der Waals surface area contributed by atoms with Gasteiger partial charge in [-0.05, 0) is 50.5 Å². The summed E-state index contributed by atoms with van der Waals surface area (Å²) >= 11 is 0. The zero-order valence-corrected chi connectivity index (χ0v) is 17.5. The molecule has 28 heavy (non-hydrogen) atoms. The highest BCUT2D eigenvalue weighted by atomic mass is 16.5. The van der Waals surface area contributed by atoms with E-state index in [0.717, 1.165) is 55.4 Å². The van der Waals surface area contributed by atoms with Crippen LogP contribution < -0.4 is 15.4 Å². The molecule has 7 heteroatoms. The SMILES string of the molecule is CN=C(NCCCOCc1ccc(OC)cc1)NCCCn1nc(C)cc1C. The first-order valence-corrected chi connectivity index (χ1v) is 9.78. The number of nitrogens with zero attached hydrogens (tertiary/aromatic N) is 3. The second-order valence-corrected chi connectivity index (χ2v) is 6.68. The van der Waals surface area contributed by atoms with Crippen LogP contribution in [0.4, 0.5) is 0 Å². The molecule has 0 saturated heterocycles. The molecule has 154 valence electrons.